The van der Waals surface area contributed by atoms with Crippen LogP contribution in [-0.2, 0) is 21.2 Å². The average molecular weight is 426 g/mol. The lowest BCUT2D eigenvalue weighted by molar-refractivity contribution is -0.132. The van der Waals surface area contributed by atoms with E-state index >= 15 is 0 Å². The van der Waals surface area contributed by atoms with Crippen molar-refractivity contribution in [2.75, 3.05) is 26.4 Å². The van der Waals surface area contributed by atoms with Gasteiger partial charge in [-0.25, -0.2) is 17.7 Å². The first-order valence-electron chi connectivity index (χ1n) is 9.15. The van der Waals surface area contributed by atoms with Crippen molar-refractivity contribution in [3.8, 4) is 11.3 Å². The quantitative estimate of drug-likeness (QED) is 0.710. The van der Waals surface area contributed by atoms with Gasteiger partial charge in [-0.05, 0) is 37.1 Å². The Balaban J connectivity index is 1.49. The van der Waals surface area contributed by atoms with Gasteiger partial charge in [0.15, 0.2) is 11.7 Å². The molecular weight excluding hydrogens is 402 g/mol. The number of piperidine rings is 1. The number of carbonyl (C=O) groups excluding carboxylic acids is 1. The molecular formula is C19H24ClN3O4S. The standard InChI is InChI=1S/C19H24ClN3O4S/c1-22(28(2,25)26)16-9-11-23(12-10-16)19(24)8-7-18-21-13-17(27-18)14-3-5-15(20)6-4-14/h3-6,13,16H,7-12H2,1-2H3. The van der Waals surface area contributed by atoms with Crippen molar-refractivity contribution in [1.29, 1.82) is 0 Å². The number of oxazole rings is 1. The van der Waals surface area contributed by atoms with E-state index in [1.165, 1.54) is 10.6 Å². The number of benzene rings is 1. The zero-order chi connectivity index (χ0) is 20.3. The number of nitrogens with zero attached hydrogens (tertiary/aromatic N) is 3. The number of aryl methyl sites for hydroxylation is 1. The second-order valence-electron chi connectivity index (χ2n) is 7.02. The Morgan fingerprint density at radius 1 is 1.29 bits per heavy atom. The molecule has 2 aromatic rings. The Kier molecular flexibility index (Phi) is 6.42. The van der Waals surface area contributed by atoms with E-state index in [4.69, 9.17) is 16.0 Å². The van der Waals surface area contributed by atoms with Gasteiger partial charge in [0, 0.05) is 49.6 Å². The minimum atomic E-state index is -3.21. The van der Waals surface area contributed by atoms with E-state index in [0.717, 1.165) is 5.56 Å². The smallest absolute Gasteiger partial charge is 0.223 e. The molecule has 1 aromatic carbocycles. The van der Waals surface area contributed by atoms with E-state index in [9.17, 15) is 13.2 Å². The summed E-state index contributed by atoms with van der Waals surface area (Å²) in [7, 11) is -1.61. The first kappa shape index (κ1) is 20.8. The molecule has 0 unspecified atom stereocenters. The molecule has 28 heavy (non-hydrogen) atoms. The summed E-state index contributed by atoms with van der Waals surface area (Å²) in [4.78, 5) is 18.5. The maximum atomic E-state index is 12.5. The van der Waals surface area contributed by atoms with Crippen LogP contribution in [0.3, 0.4) is 0 Å². The summed E-state index contributed by atoms with van der Waals surface area (Å²) < 4.78 is 30.4. The van der Waals surface area contributed by atoms with Crippen LogP contribution >= 0.6 is 11.6 Å². The molecule has 1 aromatic heterocycles. The highest BCUT2D eigenvalue weighted by molar-refractivity contribution is 7.88. The fourth-order valence-corrected chi connectivity index (χ4v) is 4.17. The van der Waals surface area contributed by atoms with Crippen LogP contribution < -0.4 is 0 Å². The van der Waals surface area contributed by atoms with E-state index in [2.05, 4.69) is 4.98 Å². The van der Waals surface area contributed by atoms with Gasteiger partial charge in [-0.15, -0.1) is 0 Å². The Hall–Kier alpha value is -1.90. The molecule has 1 aliphatic rings. The molecule has 2 heterocycles. The van der Waals surface area contributed by atoms with Crippen LogP contribution in [0.15, 0.2) is 34.9 Å². The number of likely N-dealkylation sites (tertiary alicyclic amines) is 1. The van der Waals surface area contributed by atoms with Gasteiger partial charge in [-0.2, -0.15) is 0 Å². The van der Waals surface area contributed by atoms with Crippen molar-refractivity contribution >= 4 is 27.5 Å². The summed E-state index contributed by atoms with van der Waals surface area (Å²) in [6, 6.07) is 7.24. The molecule has 0 aliphatic carbocycles. The van der Waals surface area contributed by atoms with E-state index in [1.807, 2.05) is 12.1 Å². The third kappa shape index (κ3) is 5.12. The van der Waals surface area contributed by atoms with E-state index in [1.54, 1.807) is 30.3 Å². The number of halogens is 1. The molecule has 0 spiro atoms. The highest BCUT2D eigenvalue weighted by Gasteiger charge is 2.28. The normalized spacial score (nSPS) is 15.9. The fraction of sp³-hybridized carbons (Fsp3) is 0.474. The Morgan fingerprint density at radius 2 is 1.93 bits per heavy atom. The van der Waals surface area contributed by atoms with Crippen molar-refractivity contribution < 1.29 is 17.6 Å². The van der Waals surface area contributed by atoms with Crippen LogP contribution in [0.25, 0.3) is 11.3 Å². The molecule has 0 bridgehead atoms. The zero-order valence-corrected chi connectivity index (χ0v) is 17.5. The number of hydrogen-bond acceptors (Lipinski definition) is 5. The molecule has 3 rings (SSSR count). The summed E-state index contributed by atoms with van der Waals surface area (Å²) in [5.74, 6) is 1.19. The summed E-state index contributed by atoms with van der Waals surface area (Å²) in [5, 5.41) is 0.653. The molecule has 1 saturated heterocycles. The fourth-order valence-electron chi connectivity index (χ4n) is 3.30. The second kappa shape index (κ2) is 8.63. The lowest BCUT2D eigenvalue weighted by atomic mass is 10.0. The Morgan fingerprint density at radius 3 is 2.54 bits per heavy atom. The molecule has 1 fully saturated rings. The molecule has 0 saturated carbocycles. The molecule has 0 radical (unpaired) electrons. The molecule has 9 heteroatoms. The van der Waals surface area contributed by atoms with Crippen LogP contribution in [-0.4, -0.2) is 60.9 Å². The van der Waals surface area contributed by atoms with Crippen LogP contribution in [0.1, 0.15) is 25.2 Å². The third-order valence-corrected chi connectivity index (χ3v) is 6.69. The number of amides is 1. The van der Waals surface area contributed by atoms with Gasteiger partial charge in [-0.1, -0.05) is 11.6 Å². The van der Waals surface area contributed by atoms with E-state index in [0.29, 0.717) is 55.4 Å². The predicted molar refractivity (Wildman–Crippen MR) is 107 cm³/mol. The van der Waals surface area contributed by atoms with Crippen LogP contribution in [0.2, 0.25) is 5.02 Å². The van der Waals surface area contributed by atoms with E-state index < -0.39 is 10.0 Å². The molecule has 1 amide bonds. The van der Waals surface area contributed by atoms with Gasteiger partial charge in [-0.3, -0.25) is 4.79 Å². The minimum Gasteiger partial charge on any atom is -0.441 e. The largest absolute Gasteiger partial charge is 0.441 e. The monoisotopic (exact) mass is 425 g/mol. The van der Waals surface area contributed by atoms with Crippen molar-refractivity contribution in [2.24, 2.45) is 0 Å². The molecule has 7 nitrogen and oxygen atoms in total. The van der Waals surface area contributed by atoms with Gasteiger partial charge >= 0.3 is 0 Å². The number of hydrogen-bond donors (Lipinski definition) is 0. The van der Waals surface area contributed by atoms with Crippen molar-refractivity contribution in [3.05, 3.63) is 41.4 Å². The van der Waals surface area contributed by atoms with E-state index in [-0.39, 0.29) is 11.9 Å². The average Bonchev–Trinajstić information content (AvgIpc) is 3.14. The van der Waals surface area contributed by atoms with Crippen LogP contribution in [0.4, 0.5) is 0 Å². The highest BCUT2D eigenvalue weighted by Crippen LogP contribution is 2.23. The van der Waals surface area contributed by atoms with Crippen molar-refractivity contribution in [2.45, 2.75) is 31.7 Å². The maximum absolute atomic E-state index is 12.5. The maximum Gasteiger partial charge on any atom is 0.223 e. The molecule has 0 N–H and O–H groups in total. The first-order chi connectivity index (χ1) is 13.2. The minimum absolute atomic E-state index is 0.0340. The predicted octanol–water partition coefficient (Wildman–Crippen LogP) is 2.81. The lowest BCUT2D eigenvalue weighted by Crippen LogP contribution is -2.47. The second-order valence-corrected chi connectivity index (χ2v) is 9.49. The number of aromatic nitrogens is 1. The SMILES string of the molecule is CN(C1CCN(C(=O)CCc2ncc(-c3ccc(Cl)cc3)o2)CC1)S(C)(=O)=O. The lowest BCUT2D eigenvalue weighted by Gasteiger charge is -2.35. The van der Waals surface area contributed by atoms with Gasteiger partial charge in [0.05, 0.1) is 12.5 Å². The van der Waals surface area contributed by atoms with Crippen LogP contribution in [0.5, 0.6) is 0 Å². The first-order valence-corrected chi connectivity index (χ1v) is 11.4. The van der Waals surface area contributed by atoms with Gasteiger partial charge in [0.25, 0.3) is 0 Å². The highest BCUT2D eigenvalue weighted by atomic mass is 35.5. The van der Waals surface area contributed by atoms with Crippen molar-refractivity contribution in [1.82, 2.24) is 14.2 Å². The molecule has 1 aliphatic heterocycles. The van der Waals surface area contributed by atoms with Gasteiger partial charge in [0.2, 0.25) is 15.9 Å². The third-order valence-electron chi connectivity index (χ3n) is 5.09. The van der Waals surface area contributed by atoms with Crippen LogP contribution in [0, 0.1) is 0 Å². The van der Waals surface area contributed by atoms with Gasteiger partial charge < -0.3 is 9.32 Å². The van der Waals surface area contributed by atoms with Crippen molar-refractivity contribution in [3.63, 3.8) is 0 Å². The summed E-state index contributed by atoms with van der Waals surface area (Å²) in [5.41, 5.74) is 0.881. The summed E-state index contributed by atoms with van der Waals surface area (Å²) in [6.45, 7) is 1.12. The summed E-state index contributed by atoms with van der Waals surface area (Å²) in [6.07, 6.45) is 4.89. The van der Waals surface area contributed by atoms with Gasteiger partial charge in [0.1, 0.15) is 0 Å². The number of carbonyl (C=O) groups is 1. The molecule has 152 valence electrons. The zero-order valence-electron chi connectivity index (χ0n) is 16.0. The Labute approximate surface area is 170 Å². The Bertz CT molecular complexity index is 919. The molecule has 0 atom stereocenters. The number of rotatable bonds is 6. The topological polar surface area (TPSA) is 83.7 Å². The summed E-state index contributed by atoms with van der Waals surface area (Å²) >= 11 is 5.89. The number of sulfonamides is 1.